The molecule has 0 saturated heterocycles. The molecule has 0 bridgehead atoms. The van der Waals surface area contributed by atoms with Crippen LogP contribution in [0, 0.1) is 22.6 Å². The van der Waals surface area contributed by atoms with E-state index in [4.69, 9.17) is 0 Å². The Morgan fingerprint density at radius 2 is 1.88 bits per heavy atom. The number of carbonyl (C=O) groups excluding carboxylic acids is 2. The molecule has 3 rings (SSSR count). The molecule has 1 aliphatic heterocycles. The molecule has 0 fully saturated rings. The zero-order valence-electron chi connectivity index (χ0n) is 14.6. The summed E-state index contributed by atoms with van der Waals surface area (Å²) in [6.07, 6.45) is 1.51. The first-order valence-corrected chi connectivity index (χ1v) is 7.99. The first-order chi connectivity index (χ1) is 11.2. The Morgan fingerprint density at radius 3 is 2.46 bits per heavy atom. The molecular weight excluding hydrogens is 307 g/mol. The molecule has 1 spiro atoms. The number of halogens is 1. The Labute approximate surface area is 141 Å². The van der Waals surface area contributed by atoms with Gasteiger partial charge in [0.15, 0.2) is 5.78 Å². The topological polar surface area (TPSA) is 61.2 Å². The van der Waals surface area contributed by atoms with Crippen molar-refractivity contribution >= 4 is 17.4 Å². The number of ketones is 1. The smallest absolute Gasteiger partial charge is 0.241 e. The van der Waals surface area contributed by atoms with Crippen LogP contribution in [0.25, 0.3) is 0 Å². The highest BCUT2D eigenvalue weighted by Gasteiger charge is 2.56. The fraction of sp³-hybridized carbons (Fsp3) is 0.421. The molecule has 1 atom stereocenters. The average Bonchev–Trinajstić information content (AvgIpc) is 2.76. The number of likely N-dealkylation sites (N-methyl/N-ethyl adjacent to an activating group) is 1. The maximum atomic E-state index is 14.5. The molecule has 1 unspecified atom stereocenters. The van der Waals surface area contributed by atoms with E-state index in [1.807, 2.05) is 19.9 Å². The summed E-state index contributed by atoms with van der Waals surface area (Å²) in [5, 5.41) is 9.25. The number of fused-ring (bicyclic) bond motifs is 2. The minimum atomic E-state index is -1.28. The highest BCUT2D eigenvalue weighted by molar-refractivity contribution is 6.13. The number of Topliss-reactive ketones (excluding diaryl/α,β-unsaturated/α-hetero) is 1. The summed E-state index contributed by atoms with van der Waals surface area (Å²) in [7, 11) is 1.58. The number of carbonyl (C=O) groups is 2. The van der Waals surface area contributed by atoms with Crippen LogP contribution in [-0.2, 0) is 15.0 Å². The van der Waals surface area contributed by atoms with Crippen LogP contribution in [0.15, 0.2) is 29.8 Å². The summed E-state index contributed by atoms with van der Waals surface area (Å²) in [6, 6.07) is 6.39. The van der Waals surface area contributed by atoms with Crippen molar-refractivity contribution in [3.8, 4) is 6.07 Å². The third kappa shape index (κ3) is 2.25. The van der Waals surface area contributed by atoms with E-state index in [1.54, 1.807) is 33.0 Å². The van der Waals surface area contributed by atoms with Crippen molar-refractivity contribution in [2.24, 2.45) is 5.41 Å². The van der Waals surface area contributed by atoms with E-state index >= 15 is 0 Å². The Bertz CT molecular complexity index is 789. The normalized spacial score (nSPS) is 24.0. The fourth-order valence-electron chi connectivity index (χ4n) is 3.64. The van der Waals surface area contributed by atoms with Crippen LogP contribution in [0.1, 0.15) is 39.7 Å². The Hall–Kier alpha value is -2.48. The van der Waals surface area contributed by atoms with E-state index in [2.05, 4.69) is 0 Å². The maximum absolute atomic E-state index is 14.5. The van der Waals surface area contributed by atoms with Gasteiger partial charge in [-0.3, -0.25) is 9.59 Å². The van der Waals surface area contributed by atoms with Gasteiger partial charge in [-0.15, -0.1) is 0 Å². The summed E-state index contributed by atoms with van der Waals surface area (Å²) in [5.41, 5.74) is -1.51. The molecule has 2 aliphatic rings. The molecule has 24 heavy (non-hydrogen) atoms. The lowest BCUT2D eigenvalue weighted by molar-refractivity contribution is -0.128. The van der Waals surface area contributed by atoms with Gasteiger partial charge in [0.25, 0.3) is 0 Å². The van der Waals surface area contributed by atoms with Crippen LogP contribution in [0.3, 0.4) is 0 Å². The predicted octanol–water partition coefficient (Wildman–Crippen LogP) is 3.52. The zero-order chi connectivity index (χ0) is 18.3. The fourth-order valence-corrected chi connectivity index (χ4v) is 3.64. The molecule has 1 heterocycles. The monoisotopic (exact) mass is 328 g/mol. The highest BCUT2D eigenvalue weighted by atomic mass is 19.1. The van der Waals surface area contributed by atoms with Crippen molar-refractivity contribution < 1.29 is 14.0 Å². The van der Waals surface area contributed by atoms with Crippen LogP contribution in [0.4, 0.5) is 10.1 Å². The van der Waals surface area contributed by atoms with Crippen LogP contribution in [0.5, 0.6) is 0 Å². The lowest BCUT2D eigenvalue weighted by Gasteiger charge is -2.37. The molecule has 1 amide bonds. The minimum absolute atomic E-state index is 0.0749. The van der Waals surface area contributed by atoms with Gasteiger partial charge < -0.3 is 4.90 Å². The first-order valence-electron chi connectivity index (χ1n) is 7.99. The van der Waals surface area contributed by atoms with Gasteiger partial charge >= 0.3 is 0 Å². The van der Waals surface area contributed by atoms with Gasteiger partial charge in [0.2, 0.25) is 5.91 Å². The van der Waals surface area contributed by atoms with Gasteiger partial charge in [0, 0.05) is 18.0 Å². The van der Waals surface area contributed by atoms with Crippen LogP contribution in [-0.4, -0.2) is 18.7 Å². The van der Waals surface area contributed by atoms with Crippen molar-refractivity contribution in [1.29, 1.82) is 5.26 Å². The second kappa shape index (κ2) is 5.86. The number of nitriles is 1. The molecule has 0 radical (unpaired) electrons. The number of rotatable bonds is 0. The second-order valence-electron chi connectivity index (χ2n) is 6.53. The Morgan fingerprint density at radius 1 is 1.25 bits per heavy atom. The zero-order valence-corrected chi connectivity index (χ0v) is 14.6. The van der Waals surface area contributed by atoms with Gasteiger partial charge in [0.1, 0.15) is 17.3 Å². The van der Waals surface area contributed by atoms with Crippen LogP contribution in [0.2, 0.25) is 0 Å². The van der Waals surface area contributed by atoms with Crippen molar-refractivity contribution in [1.82, 2.24) is 0 Å². The molecule has 1 aromatic rings. The van der Waals surface area contributed by atoms with Gasteiger partial charge in [-0.05, 0) is 24.6 Å². The van der Waals surface area contributed by atoms with E-state index in [9.17, 15) is 19.2 Å². The predicted molar refractivity (Wildman–Crippen MR) is 89.9 cm³/mol. The lowest BCUT2D eigenvalue weighted by atomic mass is 9.62. The number of nitrogens with zero attached hydrogens (tertiary/aromatic N) is 2. The van der Waals surface area contributed by atoms with Gasteiger partial charge in [-0.2, -0.15) is 5.26 Å². The third-order valence-electron chi connectivity index (χ3n) is 4.58. The quantitative estimate of drug-likeness (QED) is 0.732. The Kier molecular flexibility index (Phi) is 4.36. The maximum Gasteiger partial charge on any atom is 0.241 e. The highest BCUT2D eigenvalue weighted by Crippen LogP contribution is 2.52. The molecular formula is C19H21FN2O2. The van der Waals surface area contributed by atoms with E-state index in [0.29, 0.717) is 5.69 Å². The average molecular weight is 328 g/mol. The summed E-state index contributed by atoms with van der Waals surface area (Å²) >= 11 is 0. The molecule has 0 aromatic heterocycles. The number of anilines is 1. The molecule has 1 aliphatic carbocycles. The van der Waals surface area contributed by atoms with Gasteiger partial charge in [0.05, 0.1) is 11.3 Å². The molecule has 1 aromatic carbocycles. The number of hydrogen-bond donors (Lipinski definition) is 0. The molecule has 0 saturated carbocycles. The first kappa shape index (κ1) is 17.9. The number of benzene rings is 1. The summed E-state index contributed by atoms with van der Waals surface area (Å²) in [4.78, 5) is 26.5. The van der Waals surface area contributed by atoms with Crippen molar-refractivity contribution in [3.63, 3.8) is 0 Å². The summed E-state index contributed by atoms with van der Waals surface area (Å²) in [6.45, 7) is 7.38. The minimum Gasteiger partial charge on any atom is -0.314 e. The van der Waals surface area contributed by atoms with Crippen molar-refractivity contribution in [2.75, 3.05) is 11.9 Å². The van der Waals surface area contributed by atoms with E-state index < -0.39 is 16.6 Å². The molecule has 126 valence electrons. The van der Waals surface area contributed by atoms with Gasteiger partial charge in [-0.25, -0.2) is 4.39 Å². The lowest BCUT2D eigenvalue weighted by Crippen LogP contribution is -2.46. The summed E-state index contributed by atoms with van der Waals surface area (Å²) in [5.74, 6) is -1.10. The number of amides is 1. The van der Waals surface area contributed by atoms with Crippen LogP contribution >= 0.6 is 0 Å². The van der Waals surface area contributed by atoms with E-state index in [-0.39, 0.29) is 29.2 Å². The largest absolute Gasteiger partial charge is 0.314 e. The summed E-state index contributed by atoms with van der Waals surface area (Å²) < 4.78 is 14.5. The number of allylic oxidation sites excluding steroid dienone is 1. The van der Waals surface area contributed by atoms with Crippen molar-refractivity contribution in [2.45, 2.75) is 39.5 Å². The molecule has 5 heteroatoms. The standard InChI is InChI=1S/C17H15FN2O2.C2H6/c1-16(2)9-17(7-10(8-19)14(16)21)13-11(18)5-4-6-12(13)20(3)15(17)22;1-2/h4-7H,9H2,1-3H3;1-2H3. The van der Waals surface area contributed by atoms with Gasteiger partial charge in [-0.1, -0.05) is 33.8 Å². The van der Waals surface area contributed by atoms with E-state index in [1.165, 1.54) is 17.0 Å². The van der Waals surface area contributed by atoms with E-state index in [0.717, 1.165) is 0 Å². The molecule has 4 nitrogen and oxygen atoms in total. The van der Waals surface area contributed by atoms with Crippen LogP contribution < -0.4 is 4.90 Å². The molecule has 0 N–H and O–H groups in total. The SMILES string of the molecule is CC.CN1C(=O)C2(C=C(C#N)C(=O)C(C)(C)C2)c2c(F)cccc21. The van der Waals surface area contributed by atoms with Crippen molar-refractivity contribution in [3.05, 3.63) is 41.2 Å². The number of hydrogen-bond acceptors (Lipinski definition) is 3. The Balaban J connectivity index is 0.00000100. The third-order valence-corrected chi connectivity index (χ3v) is 4.58. The second-order valence-corrected chi connectivity index (χ2v) is 6.53.